The fourth-order valence-corrected chi connectivity index (χ4v) is 3.66. The van der Waals surface area contributed by atoms with E-state index in [1.54, 1.807) is 11.3 Å². The number of thioether (sulfide) groups is 1. The molecule has 5 nitrogen and oxygen atoms in total. The Kier molecular flexibility index (Phi) is 3.96. The molecule has 116 valence electrons. The van der Waals surface area contributed by atoms with Crippen LogP contribution in [0.1, 0.15) is 11.8 Å². The summed E-state index contributed by atoms with van der Waals surface area (Å²) in [6.07, 6.45) is 1.60. The highest BCUT2D eigenvalue weighted by atomic mass is 79.9. The number of nitrogens with one attached hydrogen (secondary N) is 1. The third-order valence-electron chi connectivity index (χ3n) is 3.42. The van der Waals surface area contributed by atoms with Gasteiger partial charge in [0.1, 0.15) is 0 Å². The predicted molar refractivity (Wildman–Crippen MR) is 96.1 cm³/mol. The first-order valence-electron chi connectivity index (χ1n) is 6.78. The first kappa shape index (κ1) is 14.9. The molecule has 0 radical (unpaired) electrons. The van der Waals surface area contributed by atoms with Gasteiger partial charge in [0.2, 0.25) is 11.0 Å². The van der Waals surface area contributed by atoms with Crippen LogP contribution in [0.25, 0.3) is 11.3 Å². The summed E-state index contributed by atoms with van der Waals surface area (Å²) in [4.78, 5) is 4.50. The van der Waals surface area contributed by atoms with Crippen LogP contribution in [0.2, 0.25) is 0 Å². The number of rotatable bonds is 2. The van der Waals surface area contributed by atoms with Crippen LogP contribution >= 0.6 is 39.0 Å². The molecular formula is C15H11BrN4OS2. The summed E-state index contributed by atoms with van der Waals surface area (Å²) in [5.41, 5.74) is 3.56. The zero-order valence-corrected chi connectivity index (χ0v) is 15.2. The highest BCUT2D eigenvalue weighted by Crippen LogP contribution is 2.40. The van der Waals surface area contributed by atoms with E-state index < -0.39 is 0 Å². The molecule has 1 N–H and O–H groups in total. The molecule has 0 fully saturated rings. The molecule has 0 amide bonds. The molecule has 0 saturated carbocycles. The SMILES string of the molecule is CSc1nnc2c(n1)OC(c1ccsc1)Nc1ccc(Br)cc1-2. The van der Waals surface area contributed by atoms with Gasteiger partial charge >= 0.3 is 0 Å². The first-order chi connectivity index (χ1) is 11.2. The third-order valence-corrected chi connectivity index (χ3v) is 5.15. The molecule has 1 aromatic carbocycles. The van der Waals surface area contributed by atoms with Crippen LogP contribution in [0.4, 0.5) is 5.69 Å². The molecule has 1 aliphatic rings. The molecule has 0 aliphatic carbocycles. The summed E-state index contributed by atoms with van der Waals surface area (Å²) >= 11 is 6.58. The van der Waals surface area contributed by atoms with Gasteiger partial charge in [0.25, 0.3) is 0 Å². The molecular weight excluding hydrogens is 396 g/mol. The lowest BCUT2D eigenvalue weighted by Gasteiger charge is -2.17. The van der Waals surface area contributed by atoms with Crippen LogP contribution in [-0.2, 0) is 0 Å². The Morgan fingerprint density at radius 3 is 3.00 bits per heavy atom. The fourth-order valence-electron chi connectivity index (χ4n) is 2.33. The zero-order valence-electron chi connectivity index (χ0n) is 12.0. The number of hydrogen-bond acceptors (Lipinski definition) is 7. The average molecular weight is 407 g/mol. The van der Waals surface area contributed by atoms with Crippen LogP contribution in [0.5, 0.6) is 5.88 Å². The van der Waals surface area contributed by atoms with Crippen molar-refractivity contribution in [3.05, 3.63) is 45.1 Å². The molecule has 1 unspecified atom stereocenters. The maximum atomic E-state index is 6.12. The zero-order chi connectivity index (χ0) is 15.8. The van der Waals surface area contributed by atoms with Crippen molar-refractivity contribution < 1.29 is 4.74 Å². The number of fused-ring (bicyclic) bond motifs is 3. The first-order valence-corrected chi connectivity index (χ1v) is 9.74. The van der Waals surface area contributed by atoms with E-state index in [0.717, 1.165) is 21.3 Å². The van der Waals surface area contributed by atoms with Crippen molar-refractivity contribution in [3.8, 4) is 17.1 Å². The molecule has 1 atom stereocenters. The second-order valence-corrected chi connectivity index (χ2v) is 7.31. The van der Waals surface area contributed by atoms with Crippen LogP contribution in [-0.4, -0.2) is 21.4 Å². The monoisotopic (exact) mass is 406 g/mol. The molecule has 0 bridgehead atoms. The molecule has 0 spiro atoms. The van der Waals surface area contributed by atoms with Gasteiger partial charge in [0, 0.05) is 21.3 Å². The standard InChI is InChI=1S/C15H11BrN4OS2/c1-22-15-18-14-12(19-20-15)10-6-9(16)2-3-11(10)17-13(21-14)8-4-5-23-7-8/h2-7,13,17H,1H3. The number of halogens is 1. The Balaban J connectivity index is 1.90. The van der Waals surface area contributed by atoms with Gasteiger partial charge in [-0.15, -0.1) is 10.2 Å². The van der Waals surface area contributed by atoms with Gasteiger partial charge in [-0.3, -0.25) is 0 Å². The summed E-state index contributed by atoms with van der Waals surface area (Å²) in [6, 6.07) is 8.02. The van der Waals surface area contributed by atoms with E-state index in [1.165, 1.54) is 11.8 Å². The highest BCUT2D eigenvalue weighted by Gasteiger charge is 2.26. The van der Waals surface area contributed by atoms with E-state index >= 15 is 0 Å². The Morgan fingerprint density at radius 1 is 1.30 bits per heavy atom. The van der Waals surface area contributed by atoms with Crippen molar-refractivity contribution in [2.45, 2.75) is 11.4 Å². The number of anilines is 1. The molecule has 2 aromatic heterocycles. The minimum Gasteiger partial charge on any atom is -0.448 e. The largest absolute Gasteiger partial charge is 0.448 e. The lowest BCUT2D eigenvalue weighted by atomic mass is 10.1. The van der Waals surface area contributed by atoms with Crippen molar-refractivity contribution in [2.24, 2.45) is 0 Å². The average Bonchev–Trinajstić information content (AvgIpc) is 3.05. The van der Waals surface area contributed by atoms with Crippen LogP contribution in [0.3, 0.4) is 0 Å². The van der Waals surface area contributed by atoms with Gasteiger partial charge in [-0.05, 0) is 41.3 Å². The molecule has 4 rings (SSSR count). The lowest BCUT2D eigenvalue weighted by Crippen LogP contribution is -2.16. The number of thiophene rings is 1. The van der Waals surface area contributed by atoms with Gasteiger partial charge < -0.3 is 10.1 Å². The van der Waals surface area contributed by atoms with E-state index in [0.29, 0.717) is 16.7 Å². The van der Waals surface area contributed by atoms with E-state index in [9.17, 15) is 0 Å². The van der Waals surface area contributed by atoms with Gasteiger partial charge in [-0.1, -0.05) is 27.7 Å². The van der Waals surface area contributed by atoms with E-state index in [2.05, 4.69) is 41.8 Å². The Bertz CT molecular complexity index is 857. The van der Waals surface area contributed by atoms with Crippen molar-refractivity contribution in [3.63, 3.8) is 0 Å². The van der Waals surface area contributed by atoms with Crippen molar-refractivity contribution in [1.82, 2.24) is 15.2 Å². The Morgan fingerprint density at radius 2 is 2.22 bits per heavy atom. The van der Waals surface area contributed by atoms with Gasteiger partial charge in [-0.25, -0.2) is 0 Å². The normalized spacial score (nSPS) is 15.8. The number of ether oxygens (including phenoxy) is 1. The maximum absolute atomic E-state index is 6.12. The lowest BCUT2D eigenvalue weighted by molar-refractivity contribution is 0.226. The maximum Gasteiger partial charge on any atom is 0.247 e. The van der Waals surface area contributed by atoms with Crippen LogP contribution in [0, 0.1) is 0 Å². The van der Waals surface area contributed by atoms with E-state index in [-0.39, 0.29) is 6.23 Å². The number of aromatic nitrogens is 3. The second-order valence-electron chi connectivity index (χ2n) is 4.84. The molecule has 23 heavy (non-hydrogen) atoms. The molecule has 0 saturated heterocycles. The molecule has 3 aromatic rings. The Labute approximate surface area is 149 Å². The number of nitrogens with zero attached hydrogens (tertiary/aromatic N) is 3. The second kappa shape index (κ2) is 6.10. The van der Waals surface area contributed by atoms with Crippen molar-refractivity contribution >= 4 is 44.7 Å². The third kappa shape index (κ3) is 2.82. The minimum atomic E-state index is -0.311. The summed E-state index contributed by atoms with van der Waals surface area (Å²) in [6.45, 7) is 0. The van der Waals surface area contributed by atoms with Crippen LogP contribution in [0.15, 0.2) is 44.7 Å². The minimum absolute atomic E-state index is 0.311. The Hall–Kier alpha value is -1.64. The number of hydrogen-bond donors (Lipinski definition) is 1. The summed E-state index contributed by atoms with van der Waals surface area (Å²) in [5.74, 6) is 0.491. The molecule has 8 heteroatoms. The van der Waals surface area contributed by atoms with Crippen molar-refractivity contribution in [2.75, 3.05) is 11.6 Å². The summed E-state index contributed by atoms with van der Waals surface area (Å²) < 4.78 is 7.09. The highest BCUT2D eigenvalue weighted by molar-refractivity contribution is 9.10. The molecule has 3 heterocycles. The van der Waals surface area contributed by atoms with E-state index in [1.807, 2.05) is 35.9 Å². The quantitative estimate of drug-likeness (QED) is 0.628. The molecule has 1 aliphatic heterocycles. The van der Waals surface area contributed by atoms with Gasteiger partial charge in [-0.2, -0.15) is 16.3 Å². The van der Waals surface area contributed by atoms with Crippen molar-refractivity contribution in [1.29, 1.82) is 0 Å². The fraction of sp³-hybridized carbons (Fsp3) is 0.133. The summed E-state index contributed by atoms with van der Waals surface area (Å²) in [5, 5.41) is 16.6. The smallest absolute Gasteiger partial charge is 0.247 e. The predicted octanol–water partition coefficient (Wildman–Crippen LogP) is 4.59. The van der Waals surface area contributed by atoms with Crippen LogP contribution < -0.4 is 10.1 Å². The topological polar surface area (TPSA) is 59.9 Å². The van der Waals surface area contributed by atoms with Gasteiger partial charge in [0.05, 0.1) is 0 Å². The number of benzene rings is 1. The van der Waals surface area contributed by atoms with E-state index in [4.69, 9.17) is 4.74 Å². The summed E-state index contributed by atoms with van der Waals surface area (Å²) in [7, 11) is 0. The van der Waals surface area contributed by atoms with Gasteiger partial charge in [0.15, 0.2) is 11.9 Å².